The van der Waals surface area contributed by atoms with Gasteiger partial charge in [0.2, 0.25) is 0 Å². The van der Waals surface area contributed by atoms with E-state index in [-0.39, 0.29) is 41.3 Å². The van der Waals surface area contributed by atoms with E-state index in [4.69, 9.17) is 4.74 Å². The number of piperazine rings is 1. The zero-order valence-electron chi connectivity index (χ0n) is 15.9. The van der Waals surface area contributed by atoms with Gasteiger partial charge in [-0.1, -0.05) is 12.1 Å². The van der Waals surface area contributed by atoms with Crippen LogP contribution in [0.25, 0.3) is 0 Å². The summed E-state index contributed by atoms with van der Waals surface area (Å²) in [6.07, 6.45) is 1.85. The molecular formula is C19H28FIN4O2. The van der Waals surface area contributed by atoms with Crippen LogP contribution in [0.1, 0.15) is 25.3 Å². The van der Waals surface area contributed by atoms with Crippen LogP contribution in [0.15, 0.2) is 29.3 Å². The third-order valence-corrected chi connectivity index (χ3v) is 5.19. The van der Waals surface area contributed by atoms with Gasteiger partial charge in [0, 0.05) is 45.2 Å². The van der Waals surface area contributed by atoms with Crippen molar-refractivity contribution in [3.8, 4) is 0 Å². The van der Waals surface area contributed by atoms with Gasteiger partial charge in [-0.15, -0.1) is 24.0 Å². The first-order valence-electron chi connectivity index (χ1n) is 9.21. The van der Waals surface area contributed by atoms with E-state index in [0.29, 0.717) is 32.8 Å². The van der Waals surface area contributed by atoms with Crippen molar-refractivity contribution in [2.24, 2.45) is 4.99 Å². The van der Waals surface area contributed by atoms with Gasteiger partial charge in [0.15, 0.2) is 5.96 Å². The first-order valence-corrected chi connectivity index (χ1v) is 9.21. The number of guanidine groups is 1. The largest absolute Gasteiger partial charge is 0.450 e. The number of carbonyl (C=O) groups is 1. The molecule has 6 nitrogen and oxygen atoms in total. The molecule has 0 unspecified atom stereocenters. The van der Waals surface area contributed by atoms with Crippen molar-refractivity contribution in [1.29, 1.82) is 0 Å². The Labute approximate surface area is 177 Å². The van der Waals surface area contributed by atoms with E-state index in [0.717, 1.165) is 30.9 Å². The van der Waals surface area contributed by atoms with Crippen molar-refractivity contribution in [1.82, 2.24) is 15.1 Å². The monoisotopic (exact) mass is 490 g/mol. The molecule has 0 aromatic heterocycles. The Morgan fingerprint density at radius 3 is 2.48 bits per heavy atom. The lowest BCUT2D eigenvalue weighted by Crippen LogP contribution is -2.54. The summed E-state index contributed by atoms with van der Waals surface area (Å²) in [7, 11) is 1.77. The number of carbonyl (C=O) groups excluding carboxylic acids is 1. The topological polar surface area (TPSA) is 57.2 Å². The Balaban J connectivity index is 0.00000261. The van der Waals surface area contributed by atoms with E-state index in [9.17, 15) is 9.18 Å². The van der Waals surface area contributed by atoms with Crippen molar-refractivity contribution in [3.05, 3.63) is 35.6 Å². The molecule has 1 N–H and O–H groups in total. The first-order chi connectivity index (χ1) is 12.6. The average molecular weight is 490 g/mol. The summed E-state index contributed by atoms with van der Waals surface area (Å²) in [5, 5.41) is 3.45. The number of nitrogens with zero attached hydrogens (tertiary/aromatic N) is 3. The van der Waals surface area contributed by atoms with Crippen molar-refractivity contribution >= 4 is 36.0 Å². The molecule has 1 heterocycles. The number of amides is 1. The van der Waals surface area contributed by atoms with Gasteiger partial charge in [0.25, 0.3) is 0 Å². The molecule has 1 saturated heterocycles. The average Bonchev–Trinajstić information content (AvgIpc) is 3.44. The van der Waals surface area contributed by atoms with Crippen LogP contribution in [0, 0.1) is 5.82 Å². The maximum Gasteiger partial charge on any atom is 0.409 e. The molecule has 2 aliphatic rings. The van der Waals surface area contributed by atoms with Gasteiger partial charge in [-0.3, -0.25) is 4.99 Å². The lowest BCUT2D eigenvalue weighted by molar-refractivity contribution is 0.0914. The zero-order valence-corrected chi connectivity index (χ0v) is 18.2. The van der Waals surface area contributed by atoms with Crippen molar-refractivity contribution in [2.45, 2.75) is 25.2 Å². The molecule has 0 bridgehead atoms. The minimum atomic E-state index is -0.252. The molecule has 0 radical (unpaired) electrons. The van der Waals surface area contributed by atoms with Crippen LogP contribution in [-0.4, -0.2) is 68.2 Å². The molecule has 1 amide bonds. The Bertz CT molecular complexity index is 673. The number of nitrogens with one attached hydrogen (secondary N) is 1. The quantitative estimate of drug-likeness (QED) is 0.401. The Kier molecular flexibility index (Phi) is 7.69. The van der Waals surface area contributed by atoms with Gasteiger partial charge < -0.3 is 19.9 Å². The maximum absolute atomic E-state index is 13.5. The third kappa shape index (κ3) is 5.24. The molecule has 3 rings (SSSR count). The van der Waals surface area contributed by atoms with E-state index < -0.39 is 0 Å². The second-order valence-electron chi connectivity index (χ2n) is 6.86. The summed E-state index contributed by atoms with van der Waals surface area (Å²) < 4.78 is 18.6. The van der Waals surface area contributed by atoms with Crippen LogP contribution in [-0.2, 0) is 10.2 Å². The number of halogens is 2. The van der Waals surface area contributed by atoms with Crippen molar-refractivity contribution < 1.29 is 13.9 Å². The van der Waals surface area contributed by atoms with E-state index in [1.165, 1.54) is 6.07 Å². The molecule has 1 aromatic carbocycles. The van der Waals surface area contributed by atoms with Crippen LogP contribution < -0.4 is 5.32 Å². The van der Waals surface area contributed by atoms with Crippen molar-refractivity contribution in [3.63, 3.8) is 0 Å². The number of ether oxygens (including phenoxy) is 1. The summed E-state index contributed by atoms with van der Waals surface area (Å²) >= 11 is 0. The summed E-state index contributed by atoms with van der Waals surface area (Å²) in [5.41, 5.74) is 1.05. The highest BCUT2D eigenvalue weighted by molar-refractivity contribution is 14.0. The molecule has 1 aromatic rings. The van der Waals surface area contributed by atoms with Crippen LogP contribution in [0.5, 0.6) is 0 Å². The van der Waals surface area contributed by atoms with Crippen LogP contribution in [0.3, 0.4) is 0 Å². The third-order valence-electron chi connectivity index (χ3n) is 5.19. The smallest absolute Gasteiger partial charge is 0.409 e. The van der Waals surface area contributed by atoms with E-state index in [2.05, 4.69) is 15.2 Å². The number of hydrogen-bond donors (Lipinski definition) is 1. The lowest BCUT2D eigenvalue weighted by Gasteiger charge is -2.36. The predicted octanol–water partition coefficient (Wildman–Crippen LogP) is 2.82. The van der Waals surface area contributed by atoms with E-state index >= 15 is 0 Å². The summed E-state index contributed by atoms with van der Waals surface area (Å²) in [6, 6.07) is 6.89. The van der Waals surface area contributed by atoms with Crippen LogP contribution >= 0.6 is 24.0 Å². The van der Waals surface area contributed by atoms with Gasteiger partial charge in [-0.25, -0.2) is 9.18 Å². The van der Waals surface area contributed by atoms with Crippen LogP contribution in [0.2, 0.25) is 0 Å². The molecule has 0 atom stereocenters. The van der Waals surface area contributed by atoms with E-state index in [1.807, 2.05) is 13.0 Å². The van der Waals surface area contributed by atoms with Gasteiger partial charge in [-0.2, -0.15) is 0 Å². The summed E-state index contributed by atoms with van der Waals surface area (Å²) in [5.74, 6) is 0.643. The highest BCUT2D eigenvalue weighted by Gasteiger charge is 2.44. The molecule has 1 aliphatic carbocycles. The summed E-state index contributed by atoms with van der Waals surface area (Å²) in [6.45, 7) is 5.61. The fraction of sp³-hybridized carbons (Fsp3) is 0.579. The molecule has 150 valence electrons. The molecule has 8 heteroatoms. The van der Waals surface area contributed by atoms with Gasteiger partial charge in [-0.05, 0) is 37.5 Å². The number of hydrogen-bond acceptors (Lipinski definition) is 3. The fourth-order valence-corrected chi connectivity index (χ4v) is 3.43. The molecule has 27 heavy (non-hydrogen) atoms. The lowest BCUT2D eigenvalue weighted by atomic mass is 9.96. The van der Waals surface area contributed by atoms with Crippen molar-refractivity contribution in [2.75, 3.05) is 46.4 Å². The molecule has 1 saturated carbocycles. The van der Waals surface area contributed by atoms with Gasteiger partial charge in [0.1, 0.15) is 5.82 Å². The molecule has 1 aliphatic heterocycles. The maximum atomic E-state index is 13.5. The van der Waals surface area contributed by atoms with Gasteiger partial charge in [0.05, 0.1) is 6.61 Å². The fourth-order valence-electron chi connectivity index (χ4n) is 3.43. The first kappa shape index (κ1) is 21.7. The highest BCUT2D eigenvalue weighted by atomic mass is 127. The second-order valence-corrected chi connectivity index (χ2v) is 6.86. The van der Waals surface area contributed by atoms with Crippen LogP contribution in [0.4, 0.5) is 9.18 Å². The highest BCUT2D eigenvalue weighted by Crippen LogP contribution is 2.47. The Hall–Kier alpha value is -1.58. The summed E-state index contributed by atoms with van der Waals surface area (Å²) in [4.78, 5) is 20.1. The number of aliphatic imine (C=N–C) groups is 1. The number of rotatable bonds is 4. The molecule has 2 fully saturated rings. The Morgan fingerprint density at radius 2 is 1.93 bits per heavy atom. The SMILES string of the molecule is CCOC(=O)N1CCN(C(=NC)NCC2(c3cccc(F)c3)CC2)CC1.I. The van der Waals surface area contributed by atoms with Gasteiger partial charge >= 0.3 is 6.09 Å². The Morgan fingerprint density at radius 1 is 1.26 bits per heavy atom. The normalized spacial score (nSPS) is 18.6. The minimum absolute atomic E-state index is 0. The minimum Gasteiger partial charge on any atom is -0.450 e. The molecular weight excluding hydrogens is 462 g/mol. The zero-order chi connectivity index (χ0) is 18.6. The molecule has 0 spiro atoms. The number of benzene rings is 1. The second kappa shape index (κ2) is 9.57. The van der Waals surface area contributed by atoms with E-state index in [1.54, 1.807) is 24.1 Å². The predicted molar refractivity (Wildman–Crippen MR) is 114 cm³/mol. The standard InChI is InChI=1S/C19H27FN4O2.HI/c1-3-26-18(25)24-11-9-23(10-12-24)17(21-2)22-14-19(7-8-19)15-5-4-6-16(20)13-15;/h4-6,13H,3,7-12,14H2,1-2H3,(H,21,22);1H.